The zero-order chi connectivity index (χ0) is 22.0. The molecule has 0 aliphatic rings. The number of nitrogens with one attached hydrogen (secondary N) is 2. The molecule has 1 rings (SSSR count). The van der Waals surface area contributed by atoms with Crippen LogP contribution in [0.4, 0.5) is 4.79 Å². The highest BCUT2D eigenvalue weighted by atomic mass is 16.6. The Morgan fingerprint density at radius 2 is 1.79 bits per heavy atom. The second kappa shape index (κ2) is 11.8. The molecule has 2 unspecified atom stereocenters. The van der Waals surface area contributed by atoms with Crippen molar-refractivity contribution in [3.63, 3.8) is 0 Å². The number of hydrazine groups is 1. The lowest BCUT2D eigenvalue weighted by Crippen LogP contribution is -2.52. The minimum Gasteiger partial charge on any atom is -0.444 e. The van der Waals surface area contributed by atoms with Crippen LogP contribution in [0.3, 0.4) is 0 Å². The third-order valence-corrected chi connectivity index (χ3v) is 4.31. The van der Waals surface area contributed by atoms with Gasteiger partial charge in [-0.2, -0.15) is 0 Å². The molecule has 29 heavy (non-hydrogen) atoms. The van der Waals surface area contributed by atoms with Crippen molar-refractivity contribution in [2.75, 3.05) is 13.6 Å². The fourth-order valence-electron chi connectivity index (χ4n) is 2.65. The van der Waals surface area contributed by atoms with E-state index < -0.39 is 23.8 Å². The van der Waals surface area contributed by atoms with Crippen molar-refractivity contribution in [2.45, 2.75) is 71.6 Å². The van der Waals surface area contributed by atoms with E-state index in [0.29, 0.717) is 18.8 Å². The Balaban J connectivity index is 2.70. The lowest BCUT2D eigenvalue weighted by atomic mass is 10.0. The van der Waals surface area contributed by atoms with Gasteiger partial charge in [0.25, 0.3) is 0 Å². The van der Waals surface area contributed by atoms with Gasteiger partial charge in [0.1, 0.15) is 5.60 Å². The molecule has 1 aromatic carbocycles. The molecule has 164 valence electrons. The summed E-state index contributed by atoms with van der Waals surface area (Å²) in [5, 5.41) is 14.9. The molecule has 1 aromatic rings. The number of hydrogen-bond donors (Lipinski definition) is 3. The van der Waals surface area contributed by atoms with Crippen LogP contribution >= 0.6 is 0 Å². The number of ether oxygens (including phenoxy) is 1. The normalized spacial score (nSPS) is 13.7. The molecule has 7 nitrogen and oxygen atoms in total. The summed E-state index contributed by atoms with van der Waals surface area (Å²) in [4.78, 5) is 24.4. The number of alkyl carbamates (subject to hydrolysis) is 1. The number of aliphatic hydroxyl groups is 1. The summed E-state index contributed by atoms with van der Waals surface area (Å²) in [6.07, 6.45) is 0.195. The van der Waals surface area contributed by atoms with Crippen molar-refractivity contribution in [3.05, 3.63) is 35.9 Å². The second-order valence-electron chi connectivity index (χ2n) is 8.76. The zero-order valence-corrected chi connectivity index (χ0v) is 18.6. The molecule has 2 atom stereocenters. The number of hydrogen-bond acceptors (Lipinski definition) is 5. The Labute approximate surface area is 174 Å². The monoisotopic (exact) mass is 407 g/mol. The topological polar surface area (TPSA) is 90.9 Å². The van der Waals surface area contributed by atoms with E-state index in [4.69, 9.17) is 4.74 Å². The predicted molar refractivity (Wildman–Crippen MR) is 114 cm³/mol. The van der Waals surface area contributed by atoms with E-state index in [9.17, 15) is 14.7 Å². The largest absolute Gasteiger partial charge is 0.444 e. The maximum atomic E-state index is 12.2. The summed E-state index contributed by atoms with van der Waals surface area (Å²) in [6.45, 7) is 9.62. The quantitative estimate of drug-likeness (QED) is 0.519. The minimum absolute atomic E-state index is 0.0365. The van der Waals surface area contributed by atoms with Gasteiger partial charge in [-0.15, -0.1) is 0 Å². The van der Waals surface area contributed by atoms with Gasteiger partial charge in [0.2, 0.25) is 5.91 Å². The van der Waals surface area contributed by atoms with Gasteiger partial charge in [-0.05, 0) is 45.1 Å². The van der Waals surface area contributed by atoms with E-state index in [-0.39, 0.29) is 12.5 Å². The number of rotatable bonds is 10. The zero-order valence-electron chi connectivity index (χ0n) is 18.6. The van der Waals surface area contributed by atoms with Crippen molar-refractivity contribution in [1.82, 2.24) is 15.8 Å². The molecule has 0 fully saturated rings. The van der Waals surface area contributed by atoms with Gasteiger partial charge in [0.05, 0.1) is 12.1 Å². The Bertz CT molecular complexity index is 629. The van der Waals surface area contributed by atoms with E-state index in [2.05, 4.69) is 24.6 Å². The van der Waals surface area contributed by atoms with Crippen molar-refractivity contribution < 1.29 is 19.4 Å². The molecule has 7 heteroatoms. The van der Waals surface area contributed by atoms with Gasteiger partial charge >= 0.3 is 6.09 Å². The summed E-state index contributed by atoms with van der Waals surface area (Å²) in [5.74, 6) is 0.414. The molecule has 0 aromatic heterocycles. The van der Waals surface area contributed by atoms with Gasteiger partial charge in [-0.25, -0.2) is 10.2 Å². The summed E-state index contributed by atoms with van der Waals surface area (Å²) >= 11 is 0. The molecule has 0 spiro atoms. The molecule has 2 amide bonds. The summed E-state index contributed by atoms with van der Waals surface area (Å²) in [7, 11) is 1.64. The maximum Gasteiger partial charge on any atom is 0.407 e. The third kappa shape index (κ3) is 10.9. The Hall–Kier alpha value is -2.12. The van der Waals surface area contributed by atoms with Crippen LogP contribution in [0, 0.1) is 5.92 Å². The van der Waals surface area contributed by atoms with E-state index in [0.717, 1.165) is 12.0 Å². The summed E-state index contributed by atoms with van der Waals surface area (Å²) in [6, 6.07) is 9.03. The van der Waals surface area contributed by atoms with Crippen LogP contribution in [-0.2, 0) is 16.0 Å². The van der Waals surface area contributed by atoms with Crippen molar-refractivity contribution >= 4 is 12.0 Å². The lowest BCUT2D eigenvalue weighted by Gasteiger charge is -2.28. The first-order valence-electron chi connectivity index (χ1n) is 10.2. The van der Waals surface area contributed by atoms with Crippen LogP contribution in [0.2, 0.25) is 0 Å². The number of amides is 2. The summed E-state index contributed by atoms with van der Waals surface area (Å²) in [5.41, 5.74) is 3.28. The van der Waals surface area contributed by atoms with E-state index >= 15 is 0 Å². The van der Waals surface area contributed by atoms with E-state index in [1.54, 1.807) is 27.8 Å². The van der Waals surface area contributed by atoms with Crippen molar-refractivity contribution in [3.8, 4) is 0 Å². The first kappa shape index (κ1) is 24.9. The number of aliphatic hydroxyl groups excluding tert-OH is 1. The first-order chi connectivity index (χ1) is 13.5. The number of carbonyl (C=O) groups is 2. The molecule has 3 N–H and O–H groups in total. The number of benzene rings is 1. The maximum absolute atomic E-state index is 12.2. The smallest absolute Gasteiger partial charge is 0.407 e. The van der Waals surface area contributed by atoms with Crippen LogP contribution in [0.1, 0.15) is 53.0 Å². The van der Waals surface area contributed by atoms with Crippen molar-refractivity contribution in [2.24, 2.45) is 5.92 Å². The summed E-state index contributed by atoms with van der Waals surface area (Å²) < 4.78 is 5.33. The molecule has 0 saturated carbocycles. The lowest BCUT2D eigenvalue weighted by molar-refractivity contribution is -0.133. The molecular formula is C22H37N3O4. The fourth-order valence-corrected chi connectivity index (χ4v) is 2.65. The molecule has 0 saturated heterocycles. The van der Waals surface area contributed by atoms with Crippen LogP contribution in [0.15, 0.2) is 30.3 Å². The first-order valence-corrected chi connectivity index (χ1v) is 10.2. The van der Waals surface area contributed by atoms with Gasteiger partial charge in [0, 0.05) is 20.0 Å². The van der Waals surface area contributed by atoms with Gasteiger partial charge < -0.3 is 15.2 Å². The van der Waals surface area contributed by atoms with E-state index in [1.165, 1.54) is 5.01 Å². The minimum atomic E-state index is -0.914. The standard InChI is InChI=1S/C22H37N3O4/c1-16(2)12-13-20(27)25(6)23-15-19(26)18(14-17-10-8-7-9-11-17)24-21(28)29-22(3,4)5/h7-11,16,18-19,23,26H,12-15H2,1-6H3,(H,24,28). The molecule has 0 radical (unpaired) electrons. The van der Waals surface area contributed by atoms with Gasteiger partial charge in [0.15, 0.2) is 0 Å². The fraction of sp³-hybridized carbons (Fsp3) is 0.636. The Morgan fingerprint density at radius 1 is 1.17 bits per heavy atom. The van der Waals surface area contributed by atoms with Crippen LogP contribution < -0.4 is 10.7 Å². The number of nitrogens with zero attached hydrogens (tertiary/aromatic N) is 1. The molecule has 0 heterocycles. The van der Waals surface area contributed by atoms with Crippen LogP contribution in [-0.4, -0.2) is 53.5 Å². The van der Waals surface area contributed by atoms with Gasteiger partial charge in [-0.3, -0.25) is 9.80 Å². The van der Waals surface area contributed by atoms with Crippen LogP contribution in [0.5, 0.6) is 0 Å². The molecule has 0 bridgehead atoms. The molecule has 0 aliphatic heterocycles. The highest BCUT2D eigenvalue weighted by molar-refractivity contribution is 5.75. The number of carbonyl (C=O) groups excluding carboxylic acids is 2. The Morgan fingerprint density at radius 3 is 2.34 bits per heavy atom. The second-order valence-corrected chi connectivity index (χ2v) is 8.76. The third-order valence-electron chi connectivity index (χ3n) is 4.31. The highest BCUT2D eigenvalue weighted by Crippen LogP contribution is 2.10. The highest BCUT2D eigenvalue weighted by Gasteiger charge is 2.25. The average Bonchev–Trinajstić information content (AvgIpc) is 2.62. The van der Waals surface area contributed by atoms with Crippen LogP contribution in [0.25, 0.3) is 0 Å². The average molecular weight is 408 g/mol. The van der Waals surface area contributed by atoms with E-state index in [1.807, 2.05) is 30.3 Å². The predicted octanol–water partition coefficient (Wildman–Crippen LogP) is 2.88. The van der Waals surface area contributed by atoms with Crippen molar-refractivity contribution in [1.29, 1.82) is 0 Å². The molecule has 0 aliphatic carbocycles. The Kier molecular flexibility index (Phi) is 10.1. The van der Waals surface area contributed by atoms with Gasteiger partial charge in [-0.1, -0.05) is 44.2 Å². The SMILES string of the molecule is CC(C)CCC(=O)N(C)NCC(O)C(Cc1ccccc1)NC(=O)OC(C)(C)C. The molecular weight excluding hydrogens is 370 g/mol.